The zero-order valence-electron chi connectivity index (χ0n) is 19.0. The monoisotopic (exact) mass is 430 g/mol. The Labute approximate surface area is 182 Å². The first-order valence-electron chi connectivity index (χ1n) is 10.5. The number of nitrogens with zero attached hydrogens (tertiary/aromatic N) is 2. The van der Waals surface area contributed by atoms with Crippen LogP contribution in [0.5, 0.6) is 0 Å². The van der Waals surface area contributed by atoms with Crippen LogP contribution in [0.2, 0.25) is 0 Å². The third kappa shape index (κ3) is 3.63. The lowest BCUT2D eigenvalue weighted by Gasteiger charge is -2.31. The van der Waals surface area contributed by atoms with E-state index in [4.69, 9.17) is 0 Å². The van der Waals surface area contributed by atoms with Gasteiger partial charge in [0.15, 0.2) is 0 Å². The van der Waals surface area contributed by atoms with Crippen molar-refractivity contribution in [3.63, 3.8) is 0 Å². The second-order valence-electron chi connectivity index (χ2n) is 6.88. The minimum Gasteiger partial charge on any atom is -0.372 e. The van der Waals surface area contributed by atoms with Gasteiger partial charge in [0.25, 0.3) is 0 Å². The van der Waals surface area contributed by atoms with Crippen LogP contribution in [-0.2, 0) is 5.60 Å². The van der Waals surface area contributed by atoms with Gasteiger partial charge in [-0.15, -0.1) is 0 Å². The number of fused-ring (bicyclic) bond motifs is 3. The molecule has 0 radical (unpaired) electrons. The predicted octanol–water partition coefficient (Wildman–Crippen LogP) is 6.90. The van der Waals surface area contributed by atoms with Crippen LogP contribution in [0, 0.1) is 20.8 Å². The summed E-state index contributed by atoms with van der Waals surface area (Å²) < 4.78 is 42.5. The molecule has 0 saturated carbocycles. The van der Waals surface area contributed by atoms with E-state index in [0.29, 0.717) is 33.4 Å². The van der Waals surface area contributed by atoms with Gasteiger partial charge in [0, 0.05) is 29.1 Å². The van der Waals surface area contributed by atoms with Gasteiger partial charge in [-0.3, -0.25) is 0 Å². The Morgan fingerprint density at radius 2 is 1.35 bits per heavy atom. The minimum absolute atomic E-state index is 0.0989. The van der Waals surface area contributed by atoms with Gasteiger partial charge in [0.05, 0.1) is 0 Å². The molecule has 1 atom stereocenters. The number of hydrogen-bond acceptors (Lipinski definition) is 3. The molecule has 4 rings (SSSR count). The predicted molar refractivity (Wildman–Crippen MR) is 119 cm³/mol. The molecule has 1 unspecified atom stereocenters. The average molecular weight is 431 g/mol. The Morgan fingerprint density at radius 3 is 1.90 bits per heavy atom. The molecular weight excluding hydrogens is 401 g/mol. The maximum absolute atomic E-state index is 14.2. The summed E-state index contributed by atoms with van der Waals surface area (Å²) in [5.74, 6) is 0. The third-order valence-corrected chi connectivity index (χ3v) is 5.58. The van der Waals surface area contributed by atoms with Crippen LogP contribution in [0.3, 0.4) is 0 Å². The van der Waals surface area contributed by atoms with Crippen molar-refractivity contribution in [1.82, 2.24) is 9.97 Å². The number of halogens is 3. The zero-order chi connectivity index (χ0) is 23.6. The Hall–Kier alpha value is -2.73. The smallest absolute Gasteiger partial charge is 0.372 e. The van der Waals surface area contributed by atoms with E-state index < -0.39 is 11.8 Å². The molecule has 0 bridgehead atoms. The first-order chi connectivity index (χ1) is 14.7. The largest absolute Gasteiger partial charge is 0.425 e. The van der Waals surface area contributed by atoms with Crippen molar-refractivity contribution in [2.24, 2.45) is 0 Å². The molecule has 166 valence electrons. The highest BCUT2D eigenvalue weighted by Crippen LogP contribution is 2.59. The molecule has 3 nitrogen and oxygen atoms in total. The van der Waals surface area contributed by atoms with Crippen LogP contribution in [0.25, 0.3) is 22.3 Å². The topological polar surface area (TPSA) is 46.0 Å². The molecule has 3 aromatic rings. The van der Waals surface area contributed by atoms with Crippen molar-refractivity contribution < 1.29 is 18.3 Å². The normalized spacial score (nSPS) is 16.4. The SMILES string of the molecule is CC.CC.Cc1c(C)c(-c2cncnc2)c2c(c1C)C(O)(C(F)(F)F)c1ccccc1-2. The molecule has 31 heavy (non-hydrogen) atoms. The lowest BCUT2D eigenvalue weighted by Crippen LogP contribution is -2.42. The quantitative estimate of drug-likeness (QED) is 0.457. The van der Waals surface area contributed by atoms with Crippen LogP contribution in [0.1, 0.15) is 55.5 Å². The third-order valence-electron chi connectivity index (χ3n) is 5.58. The molecule has 0 spiro atoms. The summed E-state index contributed by atoms with van der Waals surface area (Å²) in [7, 11) is 0. The van der Waals surface area contributed by atoms with E-state index in [-0.39, 0.29) is 11.1 Å². The van der Waals surface area contributed by atoms with Crippen molar-refractivity contribution >= 4 is 0 Å². The number of hydrogen-bond donors (Lipinski definition) is 1. The van der Waals surface area contributed by atoms with Gasteiger partial charge in [-0.25, -0.2) is 9.97 Å². The number of aromatic nitrogens is 2. The Morgan fingerprint density at radius 1 is 0.806 bits per heavy atom. The summed E-state index contributed by atoms with van der Waals surface area (Å²) in [6, 6.07) is 6.17. The van der Waals surface area contributed by atoms with E-state index in [2.05, 4.69) is 9.97 Å². The highest BCUT2D eigenvalue weighted by Gasteiger charge is 2.62. The maximum atomic E-state index is 14.2. The van der Waals surface area contributed by atoms with Gasteiger partial charge in [-0.2, -0.15) is 13.2 Å². The zero-order valence-corrected chi connectivity index (χ0v) is 19.0. The summed E-state index contributed by atoms with van der Waals surface area (Å²) in [5, 5.41) is 11.0. The van der Waals surface area contributed by atoms with Gasteiger partial charge in [0.2, 0.25) is 5.60 Å². The number of rotatable bonds is 1. The van der Waals surface area contributed by atoms with Crippen LogP contribution in [0.4, 0.5) is 13.2 Å². The average Bonchev–Trinajstić information content (AvgIpc) is 3.06. The van der Waals surface area contributed by atoms with Crippen LogP contribution < -0.4 is 0 Å². The van der Waals surface area contributed by atoms with Gasteiger partial charge in [-0.1, -0.05) is 52.0 Å². The maximum Gasteiger partial charge on any atom is 0.425 e. The molecule has 0 saturated heterocycles. The number of aliphatic hydroxyl groups is 1. The fourth-order valence-corrected chi connectivity index (χ4v) is 4.11. The fraction of sp³-hybridized carbons (Fsp3) is 0.360. The van der Waals surface area contributed by atoms with E-state index >= 15 is 0 Å². The summed E-state index contributed by atoms with van der Waals surface area (Å²) in [4.78, 5) is 8.05. The lowest BCUT2D eigenvalue weighted by atomic mass is 9.81. The summed E-state index contributed by atoms with van der Waals surface area (Å²) in [5.41, 5.74) is 0.753. The van der Waals surface area contributed by atoms with E-state index in [1.54, 1.807) is 38.4 Å². The Balaban J connectivity index is 0.000000807. The molecule has 1 aromatic heterocycles. The summed E-state index contributed by atoms with van der Waals surface area (Å²) >= 11 is 0. The van der Waals surface area contributed by atoms with Gasteiger partial charge in [0.1, 0.15) is 6.33 Å². The van der Waals surface area contributed by atoms with E-state index in [1.165, 1.54) is 18.5 Å². The van der Waals surface area contributed by atoms with E-state index in [1.807, 2.05) is 34.6 Å². The fourth-order valence-electron chi connectivity index (χ4n) is 4.11. The minimum atomic E-state index is -4.86. The first kappa shape index (κ1) is 24.5. The molecular formula is C25H29F3N2O. The second kappa shape index (κ2) is 9.18. The standard InChI is InChI=1S/C21H17F3N2O.2C2H6/c1-11-12(2)17(14-8-25-10-26-9-14)18-15-6-4-5-7-16(15)20(27,21(22,23)24)19(18)13(11)3;2*1-2/h4-10,27H,1-3H3;2*1-2H3. The molecule has 6 heteroatoms. The van der Waals surface area contributed by atoms with Crippen molar-refractivity contribution in [3.8, 4) is 22.3 Å². The highest BCUT2D eigenvalue weighted by molar-refractivity contribution is 5.95. The first-order valence-corrected chi connectivity index (χ1v) is 10.5. The molecule has 0 aliphatic heterocycles. The van der Waals surface area contributed by atoms with Crippen LogP contribution in [0.15, 0.2) is 43.0 Å². The highest BCUT2D eigenvalue weighted by atomic mass is 19.4. The van der Waals surface area contributed by atoms with Crippen molar-refractivity contribution in [1.29, 1.82) is 0 Å². The molecule has 1 heterocycles. The molecule has 1 aliphatic carbocycles. The van der Waals surface area contributed by atoms with Gasteiger partial charge < -0.3 is 5.11 Å². The summed E-state index contributed by atoms with van der Waals surface area (Å²) in [6.45, 7) is 13.3. The van der Waals surface area contributed by atoms with Crippen LogP contribution >= 0.6 is 0 Å². The summed E-state index contributed by atoms with van der Waals surface area (Å²) in [6.07, 6.45) is -0.318. The van der Waals surface area contributed by atoms with E-state index in [0.717, 1.165) is 5.56 Å². The van der Waals surface area contributed by atoms with Crippen molar-refractivity contribution in [2.45, 2.75) is 60.2 Å². The lowest BCUT2D eigenvalue weighted by molar-refractivity contribution is -0.246. The van der Waals surface area contributed by atoms with E-state index in [9.17, 15) is 18.3 Å². The van der Waals surface area contributed by atoms with Crippen molar-refractivity contribution in [2.75, 3.05) is 0 Å². The molecule has 1 N–H and O–H groups in total. The van der Waals surface area contributed by atoms with Crippen molar-refractivity contribution in [3.05, 3.63) is 70.8 Å². The number of alkyl halides is 3. The Bertz CT molecular complexity index is 1060. The van der Waals surface area contributed by atoms with Gasteiger partial charge in [-0.05, 0) is 54.2 Å². The van der Waals surface area contributed by atoms with Crippen LogP contribution in [-0.4, -0.2) is 21.3 Å². The molecule has 1 aliphatic rings. The Kier molecular flexibility index (Phi) is 7.27. The molecule has 0 fully saturated rings. The van der Waals surface area contributed by atoms with Gasteiger partial charge >= 0.3 is 6.18 Å². The number of benzene rings is 2. The molecule has 0 amide bonds. The molecule has 2 aromatic carbocycles. The second-order valence-corrected chi connectivity index (χ2v) is 6.88.